The summed E-state index contributed by atoms with van der Waals surface area (Å²) in [5, 5.41) is 5.96. The standard InChI is InChI=1S/C51H30N4S/c1-2-15-31(16-3-1)48-35-19-4-9-24-41(35)52-50(53-48)55-43-26-11-6-18-33(43)36-29-47-40(30-45(36)55)51(38-22-8-13-28-46(38)56-47)37-21-7-12-27-44(37)54-42-25-10-5-17-32(42)34-20-14-23-39(51)49(34)54/h1-30H. The number of rotatable bonds is 2. The minimum atomic E-state index is -0.591. The summed E-state index contributed by atoms with van der Waals surface area (Å²) in [5.41, 5.74) is 13.4. The minimum absolute atomic E-state index is 0.591. The number of hydrogen-bond donors (Lipinski definition) is 0. The minimum Gasteiger partial charge on any atom is -0.309 e. The molecule has 260 valence electrons. The fraction of sp³-hybridized carbons (Fsp3) is 0.0196. The molecule has 13 rings (SSSR count). The average Bonchev–Trinajstić information content (AvgIpc) is 3.77. The lowest BCUT2D eigenvalue weighted by Crippen LogP contribution is -2.37. The van der Waals surface area contributed by atoms with Crippen molar-refractivity contribution in [1.29, 1.82) is 0 Å². The van der Waals surface area contributed by atoms with Crippen LogP contribution in [0.1, 0.15) is 22.3 Å². The van der Waals surface area contributed by atoms with Crippen molar-refractivity contribution in [1.82, 2.24) is 19.1 Å². The van der Waals surface area contributed by atoms with Crippen LogP contribution in [0.4, 0.5) is 0 Å². The fourth-order valence-corrected chi connectivity index (χ4v) is 11.2. The molecule has 1 unspecified atom stereocenters. The van der Waals surface area contributed by atoms with E-state index < -0.39 is 5.41 Å². The van der Waals surface area contributed by atoms with Crippen molar-refractivity contribution in [3.8, 4) is 22.9 Å². The number of fused-ring (bicyclic) bond motifs is 15. The van der Waals surface area contributed by atoms with Gasteiger partial charge in [0.1, 0.15) is 0 Å². The predicted molar refractivity (Wildman–Crippen MR) is 230 cm³/mol. The Morgan fingerprint density at radius 2 is 1.05 bits per heavy atom. The Kier molecular flexibility index (Phi) is 6.00. The molecular weight excluding hydrogens is 701 g/mol. The zero-order chi connectivity index (χ0) is 36.5. The molecule has 4 nitrogen and oxygen atoms in total. The van der Waals surface area contributed by atoms with Crippen molar-refractivity contribution >= 4 is 66.3 Å². The van der Waals surface area contributed by atoms with E-state index in [-0.39, 0.29) is 0 Å². The van der Waals surface area contributed by atoms with Crippen molar-refractivity contribution in [3.05, 3.63) is 204 Å². The number of nitrogens with zero attached hydrogens (tertiary/aromatic N) is 4. The molecule has 1 spiro atoms. The maximum absolute atomic E-state index is 5.43. The molecule has 0 aliphatic carbocycles. The summed E-state index contributed by atoms with van der Waals surface area (Å²) in [6.45, 7) is 0. The molecule has 1 atom stereocenters. The van der Waals surface area contributed by atoms with E-state index >= 15 is 0 Å². The van der Waals surface area contributed by atoms with Gasteiger partial charge < -0.3 is 4.57 Å². The van der Waals surface area contributed by atoms with Crippen molar-refractivity contribution in [2.24, 2.45) is 0 Å². The molecule has 0 saturated carbocycles. The molecule has 0 radical (unpaired) electrons. The van der Waals surface area contributed by atoms with Gasteiger partial charge in [-0.25, -0.2) is 9.97 Å². The van der Waals surface area contributed by atoms with Gasteiger partial charge in [0.25, 0.3) is 0 Å². The third kappa shape index (κ3) is 3.80. The zero-order valence-electron chi connectivity index (χ0n) is 30.0. The largest absolute Gasteiger partial charge is 0.309 e. The van der Waals surface area contributed by atoms with E-state index in [0.29, 0.717) is 5.95 Å². The van der Waals surface area contributed by atoms with Crippen LogP contribution in [0.3, 0.4) is 0 Å². The van der Waals surface area contributed by atoms with Gasteiger partial charge in [-0.05, 0) is 64.7 Å². The molecule has 0 bridgehead atoms. The maximum atomic E-state index is 5.43. The normalized spacial score (nSPS) is 15.5. The lowest BCUT2D eigenvalue weighted by molar-refractivity contribution is 0.690. The highest BCUT2D eigenvalue weighted by molar-refractivity contribution is 7.99. The summed E-state index contributed by atoms with van der Waals surface area (Å²) < 4.78 is 4.81. The lowest BCUT2D eigenvalue weighted by Gasteiger charge is -2.45. The van der Waals surface area contributed by atoms with Gasteiger partial charge in [0, 0.05) is 42.3 Å². The fourth-order valence-electron chi connectivity index (χ4n) is 9.98. The summed E-state index contributed by atoms with van der Waals surface area (Å²) in [4.78, 5) is 13.3. The quantitative estimate of drug-likeness (QED) is 0.178. The smallest absolute Gasteiger partial charge is 0.235 e. The zero-order valence-corrected chi connectivity index (χ0v) is 30.8. The van der Waals surface area contributed by atoms with Crippen molar-refractivity contribution in [3.63, 3.8) is 0 Å². The summed E-state index contributed by atoms with van der Waals surface area (Å²) in [6, 6.07) is 66.4. The van der Waals surface area contributed by atoms with Gasteiger partial charge in [-0.2, -0.15) is 0 Å². The number of aromatic nitrogens is 4. The molecule has 0 N–H and O–H groups in total. The van der Waals surface area contributed by atoms with Crippen molar-refractivity contribution in [2.75, 3.05) is 0 Å². The summed E-state index contributed by atoms with van der Waals surface area (Å²) >= 11 is 1.88. The van der Waals surface area contributed by atoms with Crippen molar-refractivity contribution in [2.45, 2.75) is 15.2 Å². The van der Waals surface area contributed by atoms with Crippen LogP contribution in [0.15, 0.2) is 192 Å². The van der Waals surface area contributed by atoms with Crippen LogP contribution in [0.25, 0.3) is 77.4 Å². The monoisotopic (exact) mass is 730 g/mol. The Morgan fingerprint density at radius 3 is 1.91 bits per heavy atom. The highest BCUT2D eigenvalue weighted by Crippen LogP contribution is 2.61. The molecule has 3 aromatic heterocycles. The maximum Gasteiger partial charge on any atom is 0.235 e. The van der Waals surface area contributed by atoms with E-state index in [2.05, 4.69) is 191 Å². The molecular formula is C51H30N4S. The number of benzene rings is 8. The Labute approximate surface area is 326 Å². The number of hydrogen-bond acceptors (Lipinski definition) is 3. The van der Waals surface area contributed by atoms with Gasteiger partial charge >= 0.3 is 0 Å². The van der Waals surface area contributed by atoms with Crippen LogP contribution in [0, 0.1) is 0 Å². The van der Waals surface area contributed by atoms with Gasteiger partial charge in [0.15, 0.2) is 0 Å². The molecule has 0 fully saturated rings. The molecule has 56 heavy (non-hydrogen) atoms. The van der Waals surface area contributed by atoms with E-state index in [4.69, 9.17) is 9.97 Å². The Balaban J connectivity index is 1.20. The molecule has 0 amide bonds. The molecule has 0 saturated heterocycles. The van der Waals surface area contributed by atoms with Crippen molar-refractivity contribution < 1.29 is 0 Å². The Hall–Kier alpha value is -6.95. The van der Waals surface area contributed by atoms with Gasteiger partial charge in [-0.1, -0.05) is 151 Å². The molecule has 5 heteroatoms. The molecule has 8 aromatic carbocycles. The third-order valence-corrected chi connectivity index (χ3v) is 13.3. The van der Waals surface area contributed by atoms with Crippen LogP contribution >= 0.6 is 11.8 Å². The van der Waals surface area contributed by atoms with Gasteiger partial charge in [0.2, 0.25) is 5.95 Å². The highest BCUT2D eigenvalue weighted by Gasteiger charge is 2.49. The Morgan fingerprint density at radius 1 is 0.411 bits per heavy atom. The van der Waals surface area contributed by atoms with Gasteiger partial charge in [-0.15, -0.1) is 0 Å². The molecule has 2 aliphatic heterocycles. The predicted octanol–water partition coefficient (Wildman–Crippen LogP) is 12.7. The van der Waals surface area contributed by atoms with Gasteiger partial charge in [0.05, 0.1) is 44.4 Å². The topological polar surface area (TPSA) is 35.6 Å². The lowest BCUT2D eigenvalue weighted by atomic mass is 9.62. The second-order valence-electron chi connectivity index (χ2n) is 14.9. The first-order valence-electron chi connectivity index (χ1n) is 19.1. The van der Waals surface area contributed by atoms with Crippen LogP contribution in [0.5, 0.6) is 0 Å². The van der Waals surface area contributed by atoms with Crippen LogP contribution in [-0.4, -0.2) is 19.1 Å². The summed E-state index contributed by atoms with van der Waals surface area (Å²) in [5.74, 6) is 0.665. The Bertz CT molecular complexity index is 3470. The van der Waals surface area contributed by atoms with Crippen LogP contribution in [-0.2, 0) is 5.41 Å². The van der Waals surface area contributed by atoms with Crippen LogP contribution < -0.4 is 0 Å². The van der Waals surface area contributed by atoms with E-state index in [9.17, 15) is 0 Å². The molecule has 5 heterocycles. The second kappa shape index (κ2) is 11.1. The van der Waals surface area contributed by atoms with E-state index in [1.165, 1.54) is 70.3 Å². The molecule has 2 aliphatic rings. The first-order valence-corrected chi connectivity index (χ1v) is 19.9. The van der Waals surface area contributed by atoms with E-state index in [1.54, 1.807) is 0 Å². The van der Waals surface area contributed by atoms with E-state index in [0.717, 1.165) is 33.2 Å². The first kappa shape index (κ1) is 30.4. The summed E-state index contributed by atoms with van der Waals surface area (Å²) in [7, 11) is 0. The molecule has 11 aromatic rings. The van der Waals surface area contributed by atoms with E-state index in [1.807, 2.05) is 11.8 Å². The second-order valence-corrected chi connectivity index (χ2v) is 16.0. The number of para-hydroxylation sites is 5. The average molecular weight is 731 g/mol. The first-order chi connectivity index (χ1) is 27.8. The summed E-state index contributed by atoms with van der Waals surface area (Å²) in [6.07, 6.45) is 0. The van der Waals surface area contributed by atoms with Crippen LogP contribution in [0.2, 0.25) is 0 Å². The SMILES string of the molecule is c1ccc(-c2nc(-n3c4ccccc4c4cc5c(cc43)C3(c4ccccc4S5)c4ccccc4-n4c5ccccc5c5cccc3c54)nc3ccccc23)cc1. The van der Waals surface area contributed by atoms with Gasteiger partial charge in [-0.3, -0.25) is 4.57 Å². The highest BCUT2D eigenvalue weighted by atomic mass is 32.2. The third-order valence-electron chi connectivity index (χ3n) is 12.2.